The SMILES string of the molecule is CCCC(Cc1ccc(-n2ccc(NC(=O)N3CCN(C(=O)C(C)(C)N)CC3)nc2=O)cc1)N1CC2C(CN)C2C1.Cl. The Kier molecular flexibility index (Phi) is 9.97. The van der Waals surface area contributed by atoms with Crippen LogP contribution in [-0.4, -0.2) is 93.6 Å². The number of nitrogens with one attached hydrogen (secondary N) is 1. The Bertz CT molecular complexity index is 1290. The number of hydrogen-bond donors (Lipinski definition) is 3. The van der Waals surface area contributed by atoms with Crippen LogP contribution in [0, 0.1) is 17.8 Å². The second kappa shape index (κ2) is 13.1. The monoisotopic (exact) mass is 600 g/mol. The molecule has 230 valence electrons. The van der Waals surface area contributed by atoms with Crippen LogP contribution in [0.1, 0.15) is 39.2 Å². The van der Waals surface area contributed by atoms with Gasteiger partial charge in [0, 0.05) is 51.5 Å². The molecule has 3 fully saturated rings. The number of piperidine rings is 1. The number of hydrogen-bond acceptors (Lipinski definition) is 7. The van der Waals surface area contributed by atoms with Gasteiger partial charge < -0.3 is 21.3 Å². The van der Waals surface area contributed by atoms with Crippen LogP contribution < -0.4 is 22.5 Å². The molecular formula is C30H45ClN8O3. The van der Waals surface area contributed by atoms with Crippen molar-refractivity contribution in [2.75, 3.05) is 51.1 Å². The lowest BCUT2D eigenvalue weighted by Crippen LogP contribution is -2.58. The van der Waals surface area contributed by atoms with Crippen LogP contribution >= 0.6 is 12.4 Å². The zero-order valence-electron chi connectivity index (χ0n) is 24.9. The summed E-state index contributed by atoms with van der Waals surface area (Å²) >= 11 is 0. The molecule has 12 heteroatoms. The summed E-state index contributed by atoms with van der Waals surface area (Å²) in [5, 5.41) is 2.71. The highest BCUT2D eigenvalue weighted by Gasteiger charge is 2.55. The van der Waals surface area contributed by atoms with Crippen LogP contribution in [0.15, 0.2) is 41.3 Å². The summed E-state index contributed by atoms with van der Waals surface area (Å²) in [7, 11) is 0. The third kappa shape index (κ3) is 6.96. The third-order valence-corrected chi connectivity index (χ3v) is 8.94. The zero-order chi connectivity index (χ0) is 29.3. The summed E-state index contributed by atoms with van der Waals surface area (Å²) < 4.78 is 1.48. The van der Waals surface area contributed by atoms with Crippen LogP contribution in [0.4, 0.5) is 10.6 Å². The molecule has 0 spiro atoms. The van der Waals surface area contributed by atoms with Crippen molar-refractivity contribution in [1.29, 1.82) is 0 Å². The molecule has 1 saturated carbocycles. The Labute approximate surface area is 254 Å². The molecule has 3 aliphatic rings. The fraction of sp³-hybridized carbons (Fsp3) is 0.600. The van der Waals surface area contributed by atoms with E-state index >= 15 is 0 Å². The van der Waals surface area contributed by atoms with E-state index in [4.69, 9.17) is 11.5 Å². The van der Waals surface area contributed by atoms with Gasteiger partial charge >= 0.3 is 11.7 Å². The van der Waals surface area contributed by atoms with Gasteiger partial charge in [0.1, 0.15) is 5.82 Å². The van der Waals surface area contributed by atoms with Crippen LogP contribution in [0.5, 0.6) is 0 Å². The molecule has 2 aliphatic heterocycles. The van der Waals surface area contributed by atoms with Gasteiger partial charge in [-0.25, -0.2) is 9.59 Å². The van der Waals surface area contributed by atoms with Gasteiger partial charge in [-0.2, -0.15) is 4.98 Å². The van der Waals surface area contributed by atoms with Crippen LogP contribution in [0.25, 0.3) is 5.69 Å². The van der Waals surface area contributed by atoms with Gasteiger partial charge in [-0.05, 0) is 74.8 Å². The average Bonchev–Trinajstić information content (AvgIpc) is 3.42. The maximum atomic E-state index is 12.8. The highest BCUT2D eigenvalue weighted by molar-refractivity contribution is 5.89. The molecule has 5 N–H and O–H groups in total. The standard InChI is InChI=1S/C30H44N8O3.ClH/c1-4-5-22(37-18-24-23(17-31)25(24)19-37)16-20-6-8-21(9-7-20)38-11-10-26(34-29(38)41)33-28(40)36-14-12-35(13-15-36)27(39)30(2,3)32;/h6-11,22-25H,4-5,12-19,31-32H2,1-3H3,(H,33,34,40,41);1H. The fourth-order valence-corrected chi connectivity index (χ4v) is 6.52. The van der Waals surface area contributed by atoms with Crippen molar-refractivity contribution in [3.8, 4) is 5.69 Å². The molecule has 3 amide bonds. The fourth-order valence-electron chi connectivity index (χ4n) is 6.52. The Morgan fingerprint density at radius 1 is 1.05 bits per heavy atom. The predicted molar refractivity (Wildman–Crippen MR) is 166 cm³/mol. The molecule has 3 atom stereocenters. The number of anilines is 1. The van der Waals surface area contributed by atoms with Crippen molar-refractivity contribution in [2.24, 2.45) is 29.2 Å². The number of carbonyl (C=O) groups excluding carboxylic acids is 2. The number of fused-ring (bicyclic) bond motifs is 1. The Hall–Kier alpha value is -2.99. The van der Waals surface area contributed by atoms with Crippen molar-refractivity contribution >= 4 is 30.2 Å². The third-order valence-electron chi connectivity index (χ3n) is 8.94. The lowest BCUT2D eigenvalue weighted by atomic mass is 10.00. The molecular weight excluding hydrogens is 556 g/mol. The largest absolute Gasteiger partial charge is 0.354 e. The number of likely N-dealkylation sites (tertiary alicyclic amines) is 1. The molecule has 2 saturated heterocycles. The summed E-state index contributed by atoms with van der Waals surface area (Å²) in [6, 6.07) is 9.89. The van der Waals surface area contributed by atoms with E-state index in [0.717, 1.165) is 42.8 Å². The van der Waals surface area contributed by atoms with E-state index in [1.807, 2.05) is 12.1 Å². The molecule has 1 aromatic carbocycles. The lowest BCUT2D eigenvalue weighted by Gasteiger charge is -2.37. The number of nitrogens with two attached hydrogens (primary N) is 2. The zero-order valence-corrected chi connectivity index (χ0v) is 25.7. The molecule has 0 radical (unpaired) electrons. The van der Waals surface area contributed by atoms with Gasteiger partial charge in [-0.1, -0.05) is 25.5 Å². The Morgan fingerprint density at radius 2 is 1.67 bits per heavy atom. The van der Waals surface area contributed by atoms with Crippen LogP contribution in [-0.2, 0) is 11.2 Å². The van der Waals surface area contributed by atoms with E-state index in [1.54, 1.807) is 35.9 Å². The van der Waals surface area contributed by atoms with Gasteiger partial charge in [-0.3, -0.25) is 19.6 Å². The summed E-state index contributed by atoms with van der Waals surface area (Å²) in [5.74, 6) is 2.37. The average molecular weight is 601 g/mol. The molecule has 2 aromatic rings. The number of amides is 3. The van der Waals surface area contributed by atoms with Crippen LogP contribution in [0.2, 0.25) is 0 Å². The first-order chi connectivity index (χ1) is 19.6. The normalized spacial score (nSPS) is 22.7. The second-order valence-corrected chi connectivity index (χ2v) is 12.4. The number of halogens is 1. The van der Waals surface area contributed by atoms with Crippen molar-refractivity contribution in [1.82, 2.24) is 24.3 Å². The number of urea groups is 1. The molecule has 0 bridgehead atoms. The summed E-state index contributed by atoms with van der Waals surface area (Å²) in [5.41, 5.74) is 12.4. The first kappa shape index (κ1) is 31.9. The summed E-state index contributed by atoms with van der Waals surface area (Å²) in [6.07, 6.45) is 4.95. The number of rotatable bonds is 9. The van der Waals surface area contributed by atoms with E-state index < -0.39 is 11.2 Å². The Morgan fingerprint density at radius 3 is 2.21 bits per heavy atom. The highest BCUT2D eigenvalue weighted by atomic mass is 35.5. The molecule has 1 aromatic heterocycles. The molecule has 3 heterocycles. The molecule has 42 heavy (non-hydrogen) atoms. The number of benzene rings is 1. The minimum Gasteiger partial charge on any atom is -0.338 e. The molecule has 1 aliphatic carbocycles. The number of nitrogens with zero attached hydrogens (tertiary/aromatic N) is 5. The van der Waals surface area contributed by atoms with Gasteiger partial charge in [0.2, 0.25) is 5.91 Å². The predicted octanol–water partition coefficient (Wildman–Crippen LogP) is 1.92. The van der Waals surface area contributed by atoms with Crippen molar-refractivity contribution < 1.29 is 9.59 Å². The smallest absolute Gasteiger partial charge is 0.338 e. The summed E-state index contributed by atoms with van der Waals surface area (Å²) in [6.45, 7) is 10.3. The van der Waals surface area contributed by atoms with E-state index in [-0.39, 0.29) is 30.2 Å². The minimum absolute atomic E-state index is 0. The number of carbonyl (C=O) groups is 2. The van der Waals surface area contributed by atoms with Crippen LogP contribution in [0.3, 0.4) is 0 Å². The quantitative estimate of drug-likeness (QED) is 0.399. The van der Waals surface area contributed by atoms with Crippen molar-refractivity contribution in [2.45, 2.75) is 51.6 Å². The van der Waals surface area contributed by atoms with Crippen molar-refractivity contribution in [3.05, 3.63) is 52.6 Å². The van der Waals surface area contributed by atoms with Crippen molar-refractivity contribution in [3.63, 3.8) is 0 Å². The highest BCUT2D eigenvalue weighted by Crippen LogP contribution is 2.51. The van der Waals surface area contributed by atoms with Gasteiger partial charge in [0.15, 0.2) is 0 Å². The summed E-state index contributed by atoms with van der Waals surface area (Å²) in [4.78, 5) is 48.0. The lowest BCUT2D eigenvalue weighted by molar-refractivity contribution is -0.137. The van der Waals surface area contributed by atoms with Gasteiger partial charge in [0.25, 0.3) is 0 Å². The molecule has 3 unspecified atom stereocenters. The topological polar surface area (TPSA) is 143 Å². The van der Waals surface area contributed by atoms with E-state index in [0.29, 0.717) is 32.2 Å². The van der Waals surface area contributed by atoms with E-state index in [1.165, 1.54) is 29.6 Å². The minimum atomic E-state index is -0.945. The first-order valence-electron chi connectivity index (χ1n) is 14.9. The molecule has 11 nitrogen and oxygen atoms in total. The van der Waals surface area contributed by atoms with Gasteiger partial charge in [0.05, 0.1) is 11.2 Å². The first-order valence-corrected chi connectivity index (χ1v) is 14.9. The molecule has 5 rings (SSSR count). The second-order valence-electron chi connectivity index (χ2n) is 12.4. The number of aromatic nitrogens is 2. The van der Waals surface area contributed by atoms with Gasteiger partial charge in [-0.15, -0.1) is 12.4 Å². The Balaban J connectivity index is 0.00000405. The maximum Gasteiger partial charge on any atom is 0.354 e. The van der Waals surface area contributed by atoms with E-state index in [9.17, 15) is 14.4 Å². The number of piperazine rings is 1. The maximum absolute atomic E-state index is 12.8. The van der Waals surface area contributed by atoms with E-state index in [2.05, 4.69) is 34.3 Å².